The van der Waals surface area contributed by atoms with Gasteiger partial charge in [0.15, 0.2) is 5.76 Å². The van der Waals surface area contributed by atoms with Crippen LogP contribution in [0.15, 0.2) is 41.1 Å². The highest BCUT2D eigenvalue weighted by molar-refractivity contribution is 5.94. The van der Waals surface area contributed by atoms with E-state index in [4.69, 9.17) is 4.42 Å². The van der Waals surface area contributed by atoms with Crippen molar-refractivity contribution in [3.05, 3.63) is 42.5 Å². The second kappa shape index (κ2) is 8.46. The molecule has 148 valence electrons. The monoisotopic (exact) mass is 382 g/mol. The fraction of sp³-hybridized carbons (Fsp3) is 0.476. The van der Waals surface area contributed by atoms with Gasteiger partial charge in [-0.05, 0) is 56.4 Å². The second-order valence-corrected chi connectivity index (χ2v) is 7.49. The van der Waals surface area contributed by atoms with Gasteiger partial charge >= 0.3 is 0 Å². The number of pyridine rings is 1. The van der Waals surface area contributed by atoms with Crippen molar-refractivity contribution in [2.75, 3.05) is 36.4 Å². The molecule has 2 aliphatic heterocycles. The molecule has 0 aliphatic carbocycles. The minimum absolute atomic E-state index is 0.00220. The number of nitrogens with one attached hydrogen (secondary N) is 1. The van der Waals surface area contributed by atoms with Crippen molar-refractivity contribution in [2.24, 2.45) is 5.92 Å². The van der Waals surface area contributed by atoms with Crippen molar-refractivity contribution in [1.82, 2.24) is 9.88 Å². The summed E-state index contributed by atoms with van der Waals surface area (Å²) in [6.07, 6.45) is 8.24. The van der Waals surface area contributed by atoms with Gasteiger partial charge < -0.3 is 19.5 Å². The molecule has 0 atom stereocenters. The zero-order chi connectivity index (χ0) is 19.3. The van der Waals surface area contributed by atoms with Gasteiger partial charge in [0.05, 0.1) is 18.1 Å². The van der Waals surface area contributed by atoms with Gasteiger partial charge in [0.1, 0.15) is 5.82 Å². The molecule has 0 aromatic carbocycles. The Morgan fingerprint density at radius 2 is 1.82 bits per heavy atom. The lowest BCUT2D eigenvalue weighted by Crippen LogP contribution is -2.41. The van der Waals surface area contributed by atoms with Gasteiger partial charge in [-0.2, -0.15) is 0 Å². The predicted octanol–water partition coefficient (Wildman–Crippen LogP) is 3.16. The molecule has 28 heavy (non-hydrogen) atoms. The van der Waals surface area contributed by atoms with E-state index in [1.807, 2.05) is 12.1 Å². The van der Waals surface area contributed by atoms with Crippen molar-refractivity contribution in [2.45, 2.75) is 32.1 Å². The number of hydrogen-bond donors (Lipinski definition) is 1. The Hall–Kier alpha value is -2.83. The van der Waals surface area contributed by atoms with Crippen LogP contribution in [-0.2, 0) is 4.79 Å². The van der Waals surface area contributed by atoms with E-state index in [0.717, 1.165) is 24.6 Å². The van der Waals surface area contributed by atoms with E-state index in [-0.39, 0.29) is 17.7 Å². The fourth-order valence-corrected chi connectivity index (χ4v) is 3.92. The molecule has 4 heterocycles. The molecule has 2 saturated heterocycles. The number of aromatic nitrogens is 1. The van der Waals surface area contributed by atoms with Crippen LogP contribution < -0.4 is 10.2 Å². The van der Waals surface area contributed by atoms with Crippen LogP contribution in [0.3, 0.4) is 0 Å². The van der Waals surface area contributed by atoms with Crippen molar-refractivity contribution >= 4 is 23.3 Å². The summed E-state index contributed by atoms with van der Waals surface area (Å²) >= 11 is 0. The van der Waals surface area contributed by atoms with Crippen LogP contribution in [0.2, 0.25) is 0 Å². The molecule has 7 heteroatoms. The molecule has 0 unspecified atom stereocenters. The maximum absolute atomic E-state index is 12.6. The topological polar surface area (TPSA) is 78.7 Å². The van der Waals surface area contributed by atoms with Gasteiger partial charge in [-0.3, -0.25) is 9.59 Å². The fourth-order valence-electron chi connectivity index (χ4n) is 3.92. The van der Waals surface area contributed by atoms with Crippen molar-refractivity contribution in [1.29, 1.82) is 0 Å². The number of piperidine rings is 2. The summed E-state index contributed by atoms with van der Waals surface area (Å²) in [5, 5.41) is 2.97. The van der Waals surface area contributed by atoms with Crippen LogP contribution in [0.1, 0.15) is 42.7 Å². The van der Waals surface area contributed by atoms with E-state index in [1.54, 1.807) is 23.2 Å². The van der Waals surface area contributed by atoms with Crippen molar-refractivity contribution in [3.8, 4) is 0 Å². The van der Waals surface area contributed by atoms with Gasteiger partial charge in [-0.15, -0.1) is 0 Å². The smallest absolute Gasteiger partial charge is 0.289 e. The lowest BCUT2D eigenvalue weighted by Gasteiger charge is -2.30. The first-order chi connectivity index (χ1) is 13.7. The number of hydrogen-bond acceptors (Lipinski definition) is 5. The van der Waals surface area contributed by atoms with Gasteiger partial charge in [0.2, 0.25) is 5.91 Å². The number of furan rings is 1. The van der Waals surface area contributed by atoms with Crippen LogP contribution in [0.5, 0.6) is 0 Å². The summed E-state index contributed by atoms with van der Waals surface area (Å²) < 4.78 is 5.17. The van der Waals surface area contributed by atoms with Crippen LogP contribution in [-0.4, -0.2) is 47.9 Å². The lowest BCUT2D eigenvalue weighted by atomic mass is 9.95. The molecule has 2 fully saturated rings. The predicted molar refractivity (Wildman–Crippen MR) is 106 cm³/mol. The first kappa shape index (κ1) is 18.5. The molecular formula is C21H26N4O3. The quantitative estimate of drug-likeness (QED) is 0.879. The third-order valence-corrected chi connectivity index (χ3v) is 5.58. The highest BCUT2D eigenvalue weighted by Crippen LogP contribution is 2.22. The molecule has 4 rings (SSSR count). The van der Waals surface area contributed by atoms with Crippen LogP contribution in [0.4, 0.5) is 11.5 Å². The number of likely N-dealkylation sites (tertiary alicyclic amines) is 1. The highest BCUT2D eigenvalue weighted by atomic mass is 16.3. The number of carbonyl (C=O) groups is 2. The summed E-state index contributed by atoms with van der Waals surface area (Å²) in [4.78, 5) is 33.5. The third-order valence-electron chi connectivity index (χ3n) is 5.58. The third kappa shape index (κ3) is 4.18. The largest absolute Gasteiger partial charge is 0.459 e. The average molecular weight is 382 g/mol. The Morgan fingerprint density at radius 3 is 2.46 bits per heavy atom. The first-order valence-electron chi connectivity index (χ1n) is 10.1. The van der Waals surface area contributed by atoms with Gasteiger partial charge in [0, 0.05) is 32.1 Å². The molecule has 2 aromatic rings. The Bertz CT molecular complexity index is 790. The van der Waals surface area contributed by atoms with Gasteiger partial charge in [-0.1, -0.05) is 0 Å². The molecule has 0 bridgehead atoms. The van der Waals surface area contributed by atoms with Crippen molar-refractivity contribution in [3.63, 3.8) is 0 Å². The van der Waals surface area contributed by atoms with E-state index in [2.05, 4.69) is 15.2 Å². The summed E-state index contributed by atoms with van der Waals surface area (Å²) in [6, 6.07) is 7.27. The maximum Gasteiger partial charge on any atom is 0.289 e. The molecule has 0 radical (unpaired) electrons. The van der Waals surface area contributed by atoms with Gasteiger partial charge in [0.25, 0.3) is 5.91 Å². The molecule has 7 nitrogen and oxygen atoms in total. The molecule has 1 N–H and O–H groups in total. The standard InChI is InChI=1S/C21H26N4O3/c26-20(16-8-12-25(13-9-16)21(27)18-5-4-14-28-18)23-17-6-7-19(22-15-17)24-10-2-1-3-11-24/h4-7,14-16H,1-3,8-13H2,(H,23,26). The van der Waals surface area contributed by atoms with E-state index in [9.17, 15) is 9.59 Å². The van der Waals surface area contributed by atoms with Crippen LogP contribution in [0.25, 0.3) is 0 Å². The minimum Gasteiger partial charge on any atom is -0.459 e. The summed E-state index contributed by atoms with van der Waals surface area (Å²) in [5.74, 6) is 1.12. The number of rotatable bonds is 4. The molecular weight excluding hydrogens is 356 g/mol. The van der Waals surface area contributed by atoms with E-state index < -0.39 is 0 Å². The summed E-state index contributed by atoms with van der Waals surface area (Å²) in [7, 11) is 0. The number of amides is 2. The molecule has 0 spiro atoms. The Labute approximate surface area is 164 Å². The van der Waals surface area contributed by atoms with E-state index >= 15 is 0 Å². The average Bonchev–Trinajstić information content (AvgIpc) is 3.29. The zero-order valence-electron chi connectivity index (χ0n) is 16.0. The number of carbonyl (C=O) groups excluding carboxylic acids is 2. The normalized spacial score (nSPS) is 18.1. The summed E-state index contributed by atoms with van der Waals surface area (Å²) in [5.41, 5.74) is 0.722. The molecule has 0 saturated carbocycles. The molecule has 2 aromatic heterocycles. The van der Waals surface area contributed by atoms with Gasteiger partial charge in [-0.25, -0.2) is 4.98 Å². The van der Waals surface area contributed by atoms with Crippen molar-refractivity contribution < 1.29 is 14.0 Å². The minimum atomic E-state index is -0.110. The lowest BCUT2D eigenvalue weighted by molar-refractivity contribution is -0.121. The van der Waals surface area contributed by atoms with Crippen LogP contribution in [0, 0.1) is 5.92 Å². The molecule has 2 aliphatic rings. The second-order valence-electron chi connectivity index (χ2n) is 7.49. The highest BCUT2D eigenvalue weighted by Gasteiger charge is 2.28. The number of anilines is 2. The zero-order valence-corrected chi connectivity index (χ0v) is 16.0. The first-order valence-corrected chi connectivity index (χ1v) is 10.1. The Morgan fingerprint density at radius 1 is 1.04 bits per heavy atom. The Kier molecular flexibility index (Phi) is 5.60. The maximum atomic E-state index is 12.6. The van der Waals surface area contributed by atoms with Crippen LogP contribution >= 0.6 is 0 Å². The molecule has 2 amide bonds. The SMILES string of the molecule is O=C(Nc1ccc(N2CCCCC2)nc1)C1CCN(C(=O)c2ccco2)CC1. The number of nitrogens with zero attached hydrogens (tertiary/aromatic N) is 3. The summed E-state index contributed by atoms with van der Waals surface area (Å²) in [6.45, 7) is 3.22. The Balaban J connectivity index is 1.28. The van der Waals surface area contributed by atoms with E-state index in [1.165, 1.54) is 25.5 Å². The van der Waals surface area contributed by atoms with E-state index in [0.29, 0.717) is 31.7 Å².